The molecule has 3 heteroatoms. The van der Waals surface area contributed by atoms with Crippen molar-refractivity contribution in [3.63, 3.8) is 0 Å². The quantitative estimate of drug-likeness (QED) is 0.623. The third kappa shape index (κ3) is 2.99. The SMILES string of the molecule is CC(=O)OP(C)(c1ccccc1C)(c1ccccc1C)c1ccccc1C. The van der Waals surface area contributed by atoms with Crippen molar-refractivity contribution in [3.05, 3.63) is 89.5 Å². The maximum atomic E-state index is 12.5. The van der Waals surface area contributed by atoms with Crippen molar-refractivity contribution >= 4 is 28.7 Å². The Labute approximate surface area is 162 Å². The van der Waals surface area contributed by atoms with E-state index in [1.165, 1.54) is 6.92 Å². The zero-order valence-corrected chi connectivity index (χ0v) is 17.6. The van der Waals surface area contributed by atoms with Gasteiger partial charge < -0.3 is 0 Å². The van der Waals surface area contributed by atoms with E-state index in [4.69, 9.17) is 4.52 Å². The Bertz CT molecular complexity index is 893. The van der Waals surface area contributed by atoms with E-state index >= 15 is 0 Å². The van der Waals surface area contributed by atoms with Crippen LogP contribution in [0.1, 0.15) is 23.6 Å². The molecule has 2 nitrogen and oxygen atoms in total. The fraction of sp³-hybridized carbons (Fsp3) is 0.208. The first-order valence-corrected chi connectivity index (χ1v) is 11.8. The van der Waals surface area contributed by atoms with Gasteiger partial charge in [0.1, 0.15) is 0 Å². The molecule has 0 heterocycles. The predicted octanol–water partition coefficient (Wildman–Crippen LogP) is 4.55. The zero-order valence-electron chi connectivity index (χ0n) is 16.7. The van der Waals surface area contributed by atoms with Crippen molar-refractivity contribution in [2.75, 3.05) is 6.66 Å². The Morgan fingerprint density at radius 3 is 1.22 bits per heavy atom. The molecule has 0 N–H and O–H groups in total. The molecule has 0 aliphatic carbocycles. The average Bonchev–Trinajstić information content (AvgIpc) is 2.62. The summed E-state index contributed by atoms with van der Waals surface area (Å²) in [7, 11) is 0. The van der Waals surface area contributed by atoms with E-state index in [9.17, 15) is 4.79 Å². The standard InChI is InChI=1S/C24H27O2P/c1-18-12-6-9-15-22(18)27(5,26-21(4)25,23-16-10-7-13-19(23)2)24-17-11-8-14-20(24)3/h6-17H,1-5H3. The Morgan fingerprint density at radius 1 is 0.667 bits per heavy atom. The molecule has 0 saturated heterocycles. The molecule has 0 aliphatic heterocycles. The van der Waals surface area contributed by atoms with E-state index in [1.54, 1.807) is 0 Å². The molecule has 0 unspecified atom stereocenters. The Kier molecular flexibility index (Phi) is 4.97. The van der Waals surface area contributed by atoms with Crippen LogP contribution >= 0.6 is 6.83 Å². The van der Waals surface area contributed by atoms with Gasteiger partial charge in [-0.05, 0) is 0 Å². The summed E-state index contributed by atoms with van der Waals surface area (Å²) in [6, 6.07) is 24.9. The van der Waals surface area contributed by atoms with Crippen molar-refractivity contribution in [2.24, 2.45) is 0 Å². The van der Waals surface area contributed by atoms with Crippen LogP contribution in [0, 0.1) is 20.8 Å². The molecule has 0 radical (unpaired) electrons. The third-order valence-corrected chi connectivity index (χ3v) is 11.1. The molecule has 0 atom stereocenters. The molecule has 0 fully saturated rings. The van der Waals surface area contributed by atoms with Crippen LogP contribution < -0.4 is 15.9 Å². The topological polar surface area (TPSA) is 26.3 Å². The predicted molar refractivity (Wildman–Crippen MR) is 117 cm³/mol. The molecule has 0 amide bonds. The van der Waals surface area contributed by atoms with Gasteiger partial charge in [-0.1, -0.05) is 0 Å². The van der Waals surface area contributed by atoms with Gasteiger partial charge in [0.25, 0.3) is 0 Å². The molecule has 0 spiro atoms. The average molecular weight is 378 g/mol. The van der Waals surface area contributed by atoms with Gasteiger partial charge in [-0.25, -0.2) is 0 Å². The van der Waals surface area contributed by atoms with Crippen LogP contribution in [0.5, 0.6) is 0 Å². The van der Waals surface area contributed by atoms with Crippen molar-refractivity contribution in [2.45, 2.75) is 27.7 Å². The Hall–Kier alpha value is -2.44. The van der Waals surface area contributed by atoms with Gasteiger partial charge in [0, 0.05) is 0 Å². The molecule has 27 heavy (non-hydrogen) atoms. The summed E-state index contributed by atoms with van der Waals surface area (Å²) in [4.78, 5) is 12.5. The van der Waals surface area contributed by atoms with Gasteiger partial charge in [0.15, 0.2) is 0 Å². The van der Waals surface area contributed by atoms with Gasteiger partial charge >= 0.3 is 162 Å². The molecule has 140 valence electrons. The van der Waals surface area contributed by atoms with Gasteiger partial charge in [0.05, 0.1) is 0 Å². The number of carbonyl (C=O) groups excluding carboxylic acids is 1. The van der Waals surface area contributed by atoms with Gasteiger partial charge in [-0.3, -0.25) is 0 Å². The number of hydrogen-bond donors (Lipinski definition) is 0. The zero-order chi connectivity index (χ0) is 19.7. The molecule has 3 rings (SSSR count). The second-order valence-corrected chi connectivity index (χ2v) is 12.0. The monoisotopic (exact) mass is 378 g/mol. The number of benzene rings is 3. The normalized spacial score (nSPS) is 12.9. The van der Waals surface area contributed by atoms with Crippen molar-refractivity contribution in [1.29, 1.82) is 0 Å². The molecule has 0 saturated carbocycles. The van der Waals surface area contributed by atoms with Crippen LogP contribution in [0.25, 0.3) is 0 Å². The number of hydrogen-bond acceptors (Lipinski definition) is 2. The second-order valence-electron chi connectivity index (χ2n) is 7.40. The number of carbonyl (C=O) groups is 1. The molecule has 3 aromatic rings. The number of aryl methyl sites for hydroxylation is 3. The summed E-state index contributed by atoms with van der Waals surface area (Å²) < 4.78 is 6.52. The van der Waals surface area contributed by atoms with Crippen LogP contribution in [0.2, 0.25) is 0 Å². The van der Waals surface area contributed by atoms with Crippen LogP contribution in [0.4, 0.5) is 0 Å². The molecule has 0 aromatic heterocycles. The molecule has 0 bridgehead atoms. The fourth-order valence-corrected chi connectivity index (χ4v) is 10.2. The van der Waals surface area contributed by atoms with E-state index in [0.29, 0.717) is 0 Å². The summed E-state index contributed by atoms with van der Waals surface area (Å²) in [6.07, 6.45) is 0. The molecular formula is C24H27O2P. The second kappa shape index (κ2) is 6.94. The Balaban J connectivity index is 2.60. The van der Waals surface area contributed by atoms with E-state index < -0.39 is 6.83 Å². The first kappa shape index (κ1) is 19.3. The van der Waals surface area contributed by atoms with Crippen LogP contribution in [-0.2, 0) is 9.32 Å². The number of rotatable bonds is 4. The van der Waals surface area contributed by atoms with Crippen LogP contribution in [0.15, 0.2) is 72.8 Å². The minimum atomic E-state index is -3.49. The van der Waals surface area contributed by atoms with E-state index in [1.807, 2.05) is 36.4 Å². The van der Waals surface area contributed by atoms with Gasteiger partial charge in [-0.15, -0.1) is 0 Å². The fourth-order valence-electron chi connectivity index (χ4n) is 4.36. The van der Waals surface area contributed by atoms with E-state index in [2.05, 4.69) is 63.8 Å². The van der Waals surface area contributed by atoms with Gasteiger partial charge in [-0.2, -0.15) is 0 Å². The van der Waals surface area contributed by atoms with Crippen LogP contribution in [0.3, 0.4) is 0 Å². The summed E-state index contributed by atoms with van der Waals surface area (Å²) >= 11 is 0. The third-order valence-electron chi connectivity index (χ3n) is 5.44. The minimum absolute atomic E-state index is 0.259. The van der Waals surface area contributed by atoms with Crippen molar-refractivity contribution in [3.8, 4) is 0 Å². The van der Waals surface area contributed by atoms with E-state index in [-0.39, 0.29) is 5.97 Å². The first-order valence-electron chi connectivity index (χ1n) is 9.19. The summed E-state index contributed by atoms with van der Waals surface area (Å²) in [5.41, 5.74) is 3.39. The summed E-state index contributed by atoms with van der Waals surface area (Å²) in [5, 5.41) is 3.30. The van der Waals surface area contributed by atoms with Crippen LogP contribution in [-0.4, -0.2) is 12.6 Å². The van der Waals surface area contributed by atoms with E-state index in [0.717, 1.165) is 32.6 Å². The molecular weight excluding hydrogens is 351 g/mol. The molecule has 3 aromatic carbocycles. The summed E-state index contributed by atoms with van der Waals surface area (Å²) in [6.45, 7) is 6.48. The summed E-state index contributed by atoms with van der Waals surface area (Å²) in [5.74, 6) is -0.259. The Morgan fingerprint density at radius 2 is 0.963 bits per heavy atom. The van der Waals surface area contributed by atoms with Crippen molar-refractivity contribution < 1.29 is 9.32 Å². The molecule has 0 aliphatic rings. The van der Waals surface area contributed by atoms with Gasteiger partial charge in [0.2, 0.25) is 0 Å². The maximum absolute atomic E-state index is 12.5. The first-order chi connectivity index (χ1) is 12.8. The van der Waals surface area contributed by atoms with Crippen molar-refractivity contribution in [1.82, 2.24) is 0 Å².